The molecule has 2 rings (SSSR count). The molecule has 2 N–H and O–H groups in total. The van der Waals surface area contributed by atoms with Gasteiger partial charge in [-0.2, -0.15) is 0 Å². The van der Waals surface area contributed by atoms with E-state index in [9.17, 15) is 9.90 Å². The number of benzene rings is 1. The fourth-order valence-electron chi connectivity index (χ4n) is 3.00. The highest BCUT2D eigenvalue weighted by Crippen LogP contribution is 2.42. The predicted octanol–water partition coefficient (Wildman–Crippen LogP) is 3.52. The molecule has 0 aromatic heterocycles. The Bertz CT molecular complexity index is 427. The van der Waals surface area contributed by atoms with E-state index in [2.05, 4.69) is 19.2 Å². The monoisotopic (exact) mass is 247 g/mol. The summed E-state index contributed by atoms with van der Waals surface area (Å²) in [6.45, 7) is 4.30. The second-order valence-corrected chi connectivity index (χ2v) is 6.07. The molecule has 1 fully saturated rings. The Labute approximate surface area is 108 Å². The first-order valence-corrected chi connectivity index (χ1v) is 6.50. The summed E-state index contributed by atoms with van der Waals surface area (Å²) in [4.78, 5) is 11.7. The molecule has 1 atom stereocenters. The molecule has 3 heteroatoms. The zero-order valence-corrected chi connectivity index (χ0v) is 11.1. The first-order valence-electron chi connectivity index (χ1n) is 6.50. The Morgan fingerprint density at radius 2 is 1.89 bits per heavy atom. The molecule has 1 unspecified atom stereocenters. The standard InChI is InChI=1S/C15H21NO2/c1-14(2)9-6-10-15(11-14,13(17)18)16-12-7-4-3-5-8-12/h3-5,7-8,16H,6,9-11H2,1-2H3,(H,17,18). The lowest BCUT2D eigenvalue weighted by Crippen LogP contribution is -2.51. The maximum absolute atomic E-state index is 11.7. The van der Waals surface area contributed by atoms with Crippen LogP contribution >= 0.6 is 0 Å². The van der Waals surface area contributed by atoms with Gasteiger partial charge in [0.25, 0.3) is 0 Å². The number of hydrogen-bond acceptors (Lipinski definition) is 2. The van der Waals surface area contributed by atoms with Crippen molar-refractivity contribution in [2.45, 2.75) is 45.1 Å². The molecule has 0 saturated heterocycles. The second-order valence-electron chi connectivity index (χ2n) is 6.07. The van der Waals surface area contributed by atoms with Gasteiger partial charge in [0.15, 0.2) is 0 Å². The van der Waals surface area contributed by atoms with Gasteiger partial charge in [0.1, 0.15) is 5.54 Å². The van der Waals surface area contributed by atoms with Crippen LogP contribution in [0.15, 0.2) is 30.3 Å². The van der Waals surface area contributed by atoms with Crippen molar-refractivity contribution >= 4 is 11.7 Å². The molecule has 0 amide bonds. The second kappa shape index (κ2) is 4.63. The quantitative estimate of drug-likeness (QED) is 0.859. The van der Waals surface area contributed by atoms with Gasteiger partial charge in [-0.3, -0.25) is 0 Å². The lowest BCUT2D eigenvalue weighted by molar-refractivity contribution is -0.145. The van der Waals surface area contributed by atoms with Gasteiger partial charge in [-0.1, -0.05) is 32.0 Å². The maximum Gasteiger partial charge on any atom is 0.329 e. The van der Waals surface area contributed by atoms with Crippen LogP contribution < -0.4 is 5.32 Å². The van der Waals surface area contributed by atoms with Crippen molar-refractivity contribution in [2.24, 2.45) is 5.41 Å². The van der Waals surface area contributed by atoms with Crippen molar-refractivity contribution in [3.8, 4) is 0 Å². The van der Waals surface area contributed by atoms with Crippen LogP contribution in [0.5, 0.6) is 0 Å². The maximum atomic E-state index is 11.7. The zero-order valence-electron chi connectivity index (χ0n) is 11.1. The predicted molar refractivity (Wildman–Crippen MR) is 72.7 cm³/mol. The van der Waals surface area contributed by atoms with Gasteiger partial charge in [0.05, 0.1) is 0 Å². The Hall–Kier alpha value is -1.51. The smallest absolute Gasteiger partial charge is 0.329 e. The highest BCUT2D eigenvalue weighted by atomic mass is 16.4. The molecule has 1 aromatic carbocycles. The third-order valence-corrected chi connectivity index (χ3v) is 3.80. The molecule has 1 aliphatic carbocycles. The van der Waals surface area contributed by atoms with Crippen LogP contribution in [-0.2, 0) is 4.79 Å². The molecule has 0 spiro atoms. The van der Waals surface area contributed by atoms with Gasteiger partial charge in [-0.25, -0.2) is 4.79 Å². The van der Waals surface area contributed by atoms with Gasteiger partial charge in [-0.05, 0) is 43.2 Å². The van der Waals surface area contributed by atoms with E-state index in [1.165, 1.54) is 0 Å². The first kappa shape index (κ1) is 12.9. The Kier molecular flexibility index (Phi) is 3.33. The largest absolute Gasteiger partial charge is 0.480 e. The van der Waals surface area contributed by atoms with E-state index < -0.39 is 11.5 Å². The van der Waals surface area contributed by atoms with Crippen LogP contribution in [0.1, 0.15) is 39.5 Å². The van der Waals surface area contributed by atoms with Crippen LogP contribution in [0.3, 0.4) is 0 Å². The molecule has 1 saturated carbocycles. The van der Waals surface area contributed by atoms with Crippen molar-refractivity contribution in [1.29, 1.82) is 0 Å². The SMILES string of the molecule is CC1(C)CCCC(Nc2ccccc2)(C(=O)O)C1. The zero-order chi connectivity index (χ0) is 13.2. The van der Waals surface area contributed by atoms with E-state index in [0.717, 1.165) is 18.5 Å². The molecule has 0 heterocycles. The molecular weight excluding hydrogens is 226 g/mol. The summed E-state index contributed by atoms with van der Waals surface area (Å²) in [5.41, 5.74) is 0.152. The summed E-state index contributed by atoms with van der Waals surface area (Å²) in [6.07, 6.45) is 3.42. The molecule has 98 valence electrons. The number of aliphatic carboxylic acids is 1. The summed E-state index contributed by atoms with van der Waals surface area (Å²) < 4.78 is 0. The number of nitrogens with one attached hydrogen (secondary N) is 1. The van der Waals surface area contributed by atoms with Crippen LogP contribution in [0.2, 0.25) is 0 Å². The highest BCUT2D eigenvalue weighted by Gasteiger charge is 2.45. The molecule has 3 nitrogen and oxygen atoms in total. The van der Waals surface area contributed by atoms with E-state index in [0.29, 0.717) is 12.8 Å². The summed E-state index contributed by atoms with van der Waals surface area (Å²) in [5.74, 6) is -0.737. The fraction of sp³-hybridized carbons (Fsp3) is 0.533. The van der Waals surface area contributed by atoms with Crippen molar-refractivity contribution < 1.29 is 9.90 Å². The number of anilines is 1. The lowest BCUT2D eigenvalue weighted by atomic mass is 9.68. The first-order chi connectivity index (χ1) is 8.44. The van der Waals surface area contributed by atoms with Gasteiger partial charge >= 0.3 is 5.97 Å². The van der Waals surface area contributed by atoms with E-state index >= 15 is 0 Å². The number of para-hydroxylation sites is 1. The minimum Gasteiger partial charge on any atom is -0.480 e. The van der Waals surface area contributed by atoms with E-state index in [4.69, 9.17) is 0 Å². The summed E-state index contributed by atoms with van der Waals surface area (Å²) in [5, 5.41) is 12.9. The summed E-state index contributed by atoms with van der Waals surface area (Å²) in [7, 11) is 0. The van der Waals surface area contributed by atoms with Crippen molar-refractivity contribution in [2.75, 3.05) is 5.32 Å². The number of hydrogen-bond donors (Lipinski definition) is 2. The average molecular weight is 247 g/mol. The molecule has 1 aliphatic rings. The van der Waals surface area contributed by atoms with Crippen molar-refractivity contribution in [3.63, 3.8) is 0 Å². The van der Waals surface area contributed by atoms with Crippen molar-refractivity contribution in [1.82, 2.24) is 0 Å². The van der Waals surface area contributed by atoms with Crippen LogP contribution in [0.4, 0.5) is 5.69 Å². The third kappa shape index (κ3) is 2.66. The molecule has 0 aliphatic heterocycles. The number of carbonyl (C=O) groups is 1. The van der Waals surface area contributed by atoms with Gasteiger partial charge in [0, 0.05) is 5.69 Å². The number of carboxylic acids is 1. The normalized spacial score (nSPS) is 26.6. The highest BCUT2D eigenvalue weighted by molar-refractivity contribution is 5.83. The average Bonchev–Trinajstić information content (AvgIpc) is 2.28. The Balaban J connectivity index is 2.25. The summed E-state index contributed by atoms with van der Waals surface area (Å²) >= 11 is 0. The molecular formula is C15H21NO2. The molecule has 0 radical (unpaired) electrons. The topological polar surface area (TPSA) is 49.3 Å². The molecule has 0 bridgehead atoms. The Morgan fingerprint density at radius 3 is 2.44 bits per heavy atom. The van der Waals surface area contributed by atoms with Gasteiger partial charge in [0.2, 0.25) is 0 Å². The minimum absolute atomic E-state index is 0.0818. The Morgan fingerprint density at radius 1 is 1.22 bits per heavy atom. The van der Waals surface area contributed by atoms with E-state index in [1.54, 1.807) is 0 Å². The van der Waals surface area contributed by atoms with Gasteiger partial charge < -0.3 is 10.4 Å². The third-order valence-electron chi connectivity index (χ3n) is 3.80. The summed E-state index contributed by atoms with van der Waals surface area (Å²) in [6, 6.07) is 9.62. The van der Waals surface area contributed by atoms with E-state index in [1.807, 2.05) is 30.3 Å². The molecule has 18 heavy (non-hydrogen) atoms. The minimum atomic E-state index is -0.816. The van der Waals surface area contributed by atoms with Crippen LogP contribution in [-0.4, -0.2) is 16.6 Å². The van der Waals surface area contributed by atoms with Gasteiger partial charge in [-0.15, -0.1) is 0 Å². The van der Waals surface area contributed by atoms with Crippen LogP contribution in [0.25, 0.3) is 0 Å². The van der Waals surface area contributed by atoms with E-state index in [-0.39, 0.29) is 5.41 Å². The fourth-order valence-corrected chi connectivity index (χ4v) is 3.00. The molecule has 1 aromatic rings. The lowest BCUT2D eigenvalue weighted by Gasteiger charge is -2.43. The number of rotatable bonds is 3. The number of carboxylic acid groups (broad SMARTS) is 1. The van der Waals surface area contributed by atoms with Crippen LogP contribution in [0, 0.1) is 5.41 Å². The van der Waals surface area contributed by atoms with Crippen molar-refractivity contribution in [3.05, 3.63) is 30.3 Å².